The van der Waals surface area contributed by atoms with Crippen LogP contribution in [0.25, 0.3) is 0 Å². The van der Waals surface area contributed by atoms with Crippen LogP contribution in [0.4, 0.5) is 10.1 Å². The quantitative estimate of drug-likeness (QED) is 0.918. The van der Waals surface area contributed by atoms with Crippen LogP contribution in [-0.2, 0) is 4.79 Å². The lowest BCUT2D eigenvalue weighted by Crippen LogP contribution is -2.20. The van der Waals surface area contributed by atoms with Gasteiger partial charge in [-0.15, -0.1) is 0 Å². The lowest BCUT2D eigenvalue weighted by molar-refractivity contribution is -0.118. The summed E-state index contributed by atoms with van der Waals surface area (Å²) in [4.78, 5) is 11.8. The number of benzene rings is 2. The molecule has 0 unspecified atom stereocenters. The third kappa shape index (κ3) is 3.81. The summed E-state index contributed by atoms with van der Waals surface area (Å²) in [5.41, 5.74) is 1.33. The number of para-hydroxylation sites is 1. The average Bonchev–Trinajstić information content (AvgIpc) is 2.40. The van der Waals surface area contributed by atoms with Crippen LogP contribution in [0, 0.1) is 12.7 Å². The van der Waals surface area contributed by atoms with Gasteiger partial charge in [0.25, 0.3) is 5.91 Å². The Labute approximate surface area is 124 Å². The predicted octanol–water partition coefficient (Wildman–Crippen LogP) is 3.91. The van der Waals surface area contributed by atoms with Gasteiger partial charge in [0.2, 0.25) is 0 Å². The van der Waals surface area contributed by atoms with Crippen LogP contribution >= 0.6 is 15.9 Å². The van der Waals surface area contributed by atoms with Gasteiger partial charge in [0, 0.05) is 4.47 Å². The first-order valence-corrected chi connectivity index (χ1v) is 6.79. The zero-order chi connectivity index (χ0) is 14.5. The number of hydrogen-bond acceptors (Lipinski definition) is 2. The fraction of sp³-hybridized carbons (Fsp3) is 0.133. The van der Waals surface area contributed by atoms with E-state index in [1.807, 2.05) is 18.2 Å². The summed E-state index contributed by atoms with van der Waals surface area (Å²) in [5, 5.41) is 2.73. The van der Waals surface area contributed by atoms with Crippen LogP contribution in [0.1, 0.15) is 5.56 Å². The van der Waals surface area contributed by atoms with E-state index >= 15 is 0 Å². The maximum atomic E-state index is 12.9. The van der Waals surface area contributed by atoms with Gasteiger partial charge in [0.15, 0.2) is 6.61 Å². The zero-order valence-electron chi connectivity index (χ0n) is 10.8. The van der Waals surface area contributed by atoms with E-state index < -0.39 is 0 Å². The van der Waals surface area contributed by atoms with Crippen LogP contribution in [-0.4, -0.2) is 12.5 Å². The molecule has 0 fully saturated rings. The van der Waals surface area contributed by atoms with Gasteiger partial charge in [-0.1, -0.05) is 12.1 Å². The van der Waals surface area contributed by atoms with Gasteiger partial charge in [-0.2, -0.15) is 0 Å². The minimum Gasteiger partial charge on any atom is -0.483 e. The van der Waals surface area contributed by atoms with Gasteiger partial charge in [0.1, 0.15) is 11.6 Å². The second kappa shape index (κ2) is 6.52. The minimum absolute atomic E-state index is 0.131. The van der Waals surface area contributed by atoms with Crippen molar-refractivity contribution < 1.29 is 13.9 Å². The molecule has 5 heteroatoms. The predicted molar refractivity (Wildman–Crippen MR) is 79.4 cm³/mol. The van der Waals surface area contributed by atoms with Crippen molar-refractivity contribution in [3.63, 3.8) is 0 Å². The molecule has 104 valence electrons. The summed E-state index contributed by atoms with van der Waals surface area (Å²) >= 11 is 3.34. The van der Waals surface area contributed by atoms with E-state index in [2.05, 4.69) is 21.2 Å². The van der Waals surface area contributed by atoms with Gasteiger partial charge in [0.05, 0.1) is 5.69 Å². The van der Waals surface area contributed by atoms with Crippen LogP contribution in [0.2, 0.25) is 0 Å². The average molecular weight is 338 g/mol. The van der Waals surface area contributed by atoms with Crippen molar-refractivity contribution in [3.05, 3.63) is 58.3 Å². The monoisotopic (exact) mass is 337 g/mol. The molecular formula is C15H13BrFNO2. The Bertz CT molecular complexity index is 631. The van der Waals surface area contributed by atoms with Crippen LogP contribution in [0.3, 0.4) is 0 Å². The fourth-order valence-electron chi connectivity index (χ4n) is 1.67. The molecule has 0 bridgehead atoms. The van der Waals surface area contributed by atoms with Gasteiger partial charge >= 0.3 is 0 Å². The summed E-state index contributed by atoms with van der Waals surface area (Å²) < 4.78 is 19.1. The molecule has 0 saturated carbocycles. The maximum Gasteiger partial charge on any atom is 0.262 e. The molecule has 2 aromatic carbocycles. The first kappa shape index (κ1) is 14.5. The van der Waals surface area contributed by atoms with Crippen molar-refractivity contribution in [2.45, 2.75) is 6.92 Å². The third-order valence-corrected chi connectivity index (χ3v) is 3.34. The fourth-order valence-corrected chi connectivity index (χ4v) is 2.05. The van der Waals surface area contributed by atoms with E-state index in [0.717, 1.165) is 4.47 Å². The van der Waals surface area contributed by atoms with E-state index in [0.29, 0.717) is 17.0 Å². The van der Waals surface area contributed by atoms with E-state index in [-0.39, 0.29) is 18.3 Å². The minimum atomic E-state index is -0.326. The van der Waals surface area contributed by atoms with Crippen molar-refractivity contribution in [2.75, 3.05) is 11.9 Å². The van der Waals surface area contributed by atoms with Crippen LogP contribution in [0.15, 0.2) is 46.9 Å². The molecule has 0 aliphatic heterocycles. The van der Waals surface area contributed by atoms with Gasteiger partial charge in [-0.3, -0.25) is 4.79 Å². The number of ether oxygens (including phenoxy) is 1. The summed E-state index contributed by atoms with van der Waals surface area (Å²) in [5.74, 6) is -0.109. The van der Waals surface area contributed by atoms with Gasteiger partial charge in [-0.25, -0.2) is 4.39 Å². The Hall–Kier alpha value is -1.88. The first-order chi connectivity index (χ1) is 9.56. The number of carbonyl (C=O) groups is 1. The molecule has 2 rings (SSSR count). The highest BCUT2D eigenvalue weighted by atomic mass is 79.9. The Morgan fingerprint density at radius 3 is 2.75 bits per heavy atom. The lowest BCUT2D eigenvalue weighted by Gasteiger charge is -2.10. The molecule has 0 saturated heterocycles. The Morgan fingerprint density at radius 1 is 1.30 bits per heavy atom. The Kier molecular flexibility index (Phi) is 4.74. The number of carbonyl (C=O) groups excluding carboxylic acids is 1. The summed E-state index contributed by atoms with van der Waals surface area (Å²) in [7, 11) is 0. The molecular weight excluding hydrogens is 325 g/mol. The second-order valence-electron chi connectivity index (χ2n) is 4.23. The molecule has 0 aliphatic rings. The van der Waals surface area contributed by atoms with Crippen molar-refractivity contribution >= 4 is 27.5 Å². The zero-order valence-corrected chi connectivity index (χ0v) is 12.4. The number of nitrogens with one attached hydrogen (secondary N) is 1. The van der Waals surface area contributed by atoms with Gasteiger partial charge < -0.3 is 10.1 Å². The molecule has 0 aromatic heterocycles. The van der Waals surface area contributed by atoms with Crippen molar-refractivity contribution in [2.24, 2.45) is 0 Å². The molecule has 2 aromatic rings. The number of hydrogen-bond donors (Lipinski definition) is 1. The van der Waals surface area contributed by atoms with E-state index in [1.54, 1.807) is 13.0 Å². The summed E-state index contributed by atoms with van der Waals surface area (Å²) in [6.07, 6.45) is 0. The highest BCUT2D eigenvalue weighted by Crippen LogP contribution is 2.21. The smallest absolute Gasteiger partial charge is 0.262 e. The van der Waals surface area contributed by atoms with Crippen LogP contribution in [0.5, 0.6) is 5.75 Å². The number of anilines is 1. The molecule has 0 atom stereocenters. The summed E-state index contributed by atoms with van der Waals surface area (Å²) in [6, 6.07) is 11.5. The Morgan fingerprint density at radius 2 is 2.05 bits per heavy atom. The number of amides is 1. The van der Waals surface area contributed by atoms with Crippen LogP contribution < -0.4 is 10.1 Å². The Balaban J connectivity index is 1.94. The highest BCUT2D eigenvalue weighted by Gasteiger charge is 2.07. The topological polar surface area (TPSA) is 38.3 Å². The highest BCUT2D eigenvalue weighted by molar-refractivity contribution is 9.10. The standard InChI is InChI=1S/C15H13BrFNO2/c1-10-8-11(17)6-7-14(10)20-9-15(19)18-13-5-3-2-4-12(13)16/h2-8H,9H2,1H3,(H,18,19). The molecule has 3 nitrogen and oxygen atoms in total. The summed E-state index contributed by atoms with van der Waals surface area (Å²) in [6.45, 7) is 1.60. The molecule has 0 heterocycles. The molecule has 20 heavy (non-hydrogen) atoms. The third-order valence-electron chi connectivity index (χ3n) is 2.64. The number of rotatable bonds is 4. The molecule has 0 spiro atoms. The molecule has 0 aliphatic carbocycles. The first-order valence-electron chi connectivity index (χ1n) is 5.99. The van der Waals surface area contributed by atoms with Crippen molar-refractivity contribution in [1.29, 1.82) is 0 Å². The SMILES string of the molecule is Cc1cc(F)ccc1OCC(=O)Nc1ccccc1Br. The van der Waals surface area contributed by atoms with Gasteiger partial charge in [-0.05, 0) is 58.7 Å². The van der Waals surface area contributed by atoms with Crippen molar-refractivity contribution in [1.82, 2.24) is 0 Å². The molecule has 1 amide bonds. The number of halogens is 2. The van der Waals surface area contributed by atoms with Crippen molar-refractivity contribution in [3.8, 4) is 5.75 Å². The van der Waals surface area contributed by atoms with E-state index in [9.17, 15) is 9.18 Å². The van der Waals surface area contributed by atoms with E-state index in [1.165, 1.54) is 18.2 Å². The molecule has 0 radical (unpaired) electrons. The maximum absolute atomic E-state index is 12.9. The lowest BCUT2D eigenvalue weighted by atomic mass is 10.2. The van der Waals surface area contributed by atoms with E-state index in [4.69, 9.17) is 4.74 Å². The normalized spacial score (nSPS) is 10.2. The molecule has 1 N–H and O–H groups in total. The number of aryl methyl sites for hydroxylation is 1. The second-order valence-corrected chi connectivity index (χ2v) is 5.08. The largest absolute Gasteiger partial charge is 0.483 e.